The second-order valence-corrected chi connectivity index (χ2v) is 17.5. The van der Waals surface area contributed by atoms with Crippen LogP contribution in [0.15, 0.2) is 4.42 Å². The zero-order valence-corrected chi connectivity index (χ0v) is 14.1. The molecule has 0 bridgehead atoms. The predicted molar refractivity (Wildman–Crippen MR) is 78.2 cm³/mol. The average molecular weight is 255 g/mol. The minimum atomic E-state index is -1.33. The number of rotatable bonds is 3. The zero-order valence-electron chi connectivity index (χ0n) is 12.1. The lowest BCUT2D eigenvalue weighted by atomic mass is 10.2. The third-order valence-corrected chi connectivity index (χ3v) is 6.08. The van der Waals surface area contributed by atoms with Crippen molar-refractivity contribution in [1.82, 2.24) is 0 Å². The highest BCUT2D eigenvalue weighted by Crippen LogP contribution is 2.21. The second kappa shape index (κ2) is 4.19. The van der Waals surface area contributed by atoms with Crippen LogP contribution in [0.3, 0.4) is 0 Å². The van der Waals surface area contributed by atoms with Gasteiger partial charge in [-0.1, -0.05) is 39.3 Å². The molecule has 0 unspecified atom stereocenters. The van der Waals surface area contributed by atoms with Crippen LogP contribution in [0.1, 0.15) is 16.9 Å². The van der Waals surface area contributed by atoms with Gasteiger partial charge in [-0.2, -0.15) is 0 Å². The number of hydrogen-bond donors (Lipinski definition) is 0. The minimum Gasteiger partial charge on any atom is -0.471 e. The Kier molecular flexibility index (Phi) is 3.60. The summed E-state index contributed by atoms with van der Waals surface area (Å²) in [4.78, 5) is 0. The van der Waals surface area contributed by atoms with E-state index in [2.05, 4.69) is 53.1 Å². The van der Waals surface area contributed by atoms with Gasteiger partial charge >= 0.3 is 0 Å². The monoisotopic (exact) mass is 254 g/mol. The van der Waals surface area contributed by atoms with E-state index in [-0.39, 0.29) is 0 Å². The molecule has 0 aliphatic rings. The molecule has 0 saturated heterocycles. The lowest BCUT2D eigenvalue weighted by Gasteiger charge is -2.20. The summed E-state index contributed by atoms with van der Waals surface area (Å²) in [6.45, 7) is 18.7. The summed E-state index contributed by atoms with van der Waals surface area (Å²) in [5.41, 5.74) is 2.94. The molecular formula is C13H26OSi2. The summed E-state index contributed by atoms with van der Waals surface area (Å²) < 4.78 is 6.04. The van der Waals surface area contributed by atoms with Crippen molar-refractivity contribution in [3.63, 3.8) is 0 Å². The minimum absolute atomic E-state index is 1.06. The molecule has 0 fully saturated rings. The van der Waals surface area contributed by atoms with E-state index in [0.29, 0.717) is 0 Å². The Morgan fingerprint density at radius 1 is 0.938 bits per heavy atom. The quantitative estimate of drug-likeness (QED) is 0.747. The third kappa shape index (κ3) is 3.11. The van der Waals surface area contributed by atoms with Crippen molar-refractivity contribution in [2.45, 2.75) is 59.2 Å². The summed E-state index contributed by atoms with van der Waals surface area (Å²) in [6, 6.07) is 1.26. The van der Waals surface area contributed by atoms with E-state index >= 15 is 0 Å². The SMILES string of the molecule is Cc1oc([Si](C)(C)C)c(C[Si](C)(C)C)c1C. The summed E-state index contributed by atoms with van der Waals surface area (Å²) >= 11 is 0. The number of hydrogen-bond acceptors (Lipinski definition) is 1. The van der Waals surface area contributed by atoms with Gasteiger partial charge in [0.05, 0.1) is 5.38 Å². The van der Waals surface area contributed by atoms with Crippen LogP contribution in [0.5, 0.6) is 0 Å². The fourth-order valence-electron chi connectivity index (χ4n) is 2.02. The third-order valence-electron chi connectivity index (χ3n) is 2.90. The summed E-state index contributed by atoms with van der Waals surface area (Å²) in [5.74, 6) is 1.13. The Hall–Kier alpha value is -0.286. The molecule has 0 N–H and O–H groups in total. The first-order valence-corrected chi connectivity index (χ1v) is 13.3. The lowest BCUT2D eigenvalue weighted by Crippen LogP contribution is -2.41. The molecule has 0 radical (unpaired) electrons. The molecule has 0 spiro atoms. The molecule has 0 amide bonds. The van der Waals surface area contributed by atoms with Gasteiger partial charge in [0, 0.05) is 8.07 Å². The van der Waals surface area contributed by atoms with Gasteiger partial charge in [0.25, 0.3) is 0 Å². The smallest absolute Gasteiger partial charge is 0.123 e. The lowest BCUT2D eigenvalue weighted by molar-refractivity contribution is 0.558. The zero-order chi connectivity index (χ0) is 12.7. The highest BCUT2D eigenvalue weighted by molar-refractivity contribution is 6.88. The first-order chi connectivity index (χ1) is 7.02. The highest BCUT2D eigenvalue weighted by Gasteiger charge is 2.29. The van der Waals surface area contributed by atoms with Gasteiger partial charge in [-0.05, 0) is 31.0 Å². The Morgan fingerprint density at radius 3 is 1.81 bits per heavy atom. The van der Waals surface area contributed by atoms with Crippen molar-refractivity contribution in [1.29, 1.82) is 0 Å². The van der Waals surface area contributed by atoms with Crippen LogP contribution in [0.25, 0.3) is 0 Å². The van der Waals surface area contributed by atoms with E-state index in [4.69, 9.17) is 4.42 Å². The number of aryl methyl sites for hydroxylation is 1. The Balaban J connectivity index is 3.25. The van der Waals surface area contributed by atoms with Crippen LogP contribution < -0.4 is 5.38 Å². The van der Waals surface area contributed by atoms with E-state index < -0.39 is 16.1 Å². The topological polar surface area (TPSA) is 13.1 Å². The van der Waals surface area contributed by atoms with Gasteiger partial charge in [0.1, 0.15) is 13.8 Å². The molecule has 1 heterocycles. The van der Waals surface area contributed by atoms with Crippen molar-refractivity contribution in [2.75, 3.05) is 0 Å². The first-order valence-electron chi connectivity index (χ1n) is 6.12. The highest BCUT2D eigenvalue weighted by atomic mass is 28.3. The van der Waals surface area contributed by atoms with E-state index in [1.54, 1.807) is 0 Å². The molecular weight excluding hydrogens is 228 g/mol. The van der Waals surface area contributed by atoms with E-state index in [1.165, 1.54) is 22.6 Å². The van der Waals surface area contributed by atoms with Crippen LogP contribution in [0, 0.1) is 13.8 Å². The second-order valence-electron chi connectivity index (χ2n) is 7.08. The molecule has 92 valence electrons. The van der Waals surface area contributed by atoms with Crippen molar-refractivity contribution in [3.8, 4) is 0 Å². The first kappa shape index (κ1) is 13.8. The molecule has 0 aliphatic heterocycles. The van der Waals surface area contributed by atoms with Crippen LogP contribution >= 0.6 is 0 Å². The summed E-state index contributed by atoms with van der Waals surface area (Å²) in [5, 5.41) is 1.34. The molecule has 1 rings (SSSR count). The standard InChI is InChI=1S/C13H26OSi2/c1-10-11(2)14-13(16(6,7)8)12(10)9-15(3,4)5/h9H2,1-8H3. The molecule has 1 nitrogen and oxygen atoms in total. The maximum atomic E-state index is 6.04. The van der Waals surface area contributed by atoms with Crippen LogP contribution in [0.2, 0.25) is 39.3 Å². The molecule has 1 aromatic heterocycles. The molecule has 0 atom stereocenters. The molecule has 3 heteroatoms. The molecule has 1 aromatic rings. The van der Waals surface area contributed by atoms with Gasteiger partial charge in [0.2, 0.25) is 0 Å². The van der Waals surface area contributed by atoms with Gasteiger partial charge < -0.3 is 4.42 Å². The Bertz CT molecular complexity index is 378. The maximum Gasteiger partial charge on any atom is 0.123 e. The fourth-order valence-corrected chi connectivity index (χ4v) is 5.33. The van der Waals surface area contributed by atoms with E-state index in [9.17, 15) is 0 Å². The molecule has 0 saturated carbocycles. The Morgan fingerprint density at radius 2 is 1.44 bits per heavy atom. The average Bonchev–Trinajstić information content (AvgIpc) is 2.28. The molecule has 0 aliphatic carbocycles. The van der Waals surface area contributed by atoms with Gasteiger partial charge in [0.15, 0.2) is 0 Å². The van der Waals surface area contributed by atoms with Gasteiger partial charge in [-0.25, -0.2) is 0 Å². The van der Waals surface area contributed by atoms with Gasteiger partial charge in [-0.3, -0.25) is 0 Å². The summed E-state index contributed by atoms with van der Waals surface area (Å²) in [6.07, 6.45) is 0. The van der Waals surface area contributed by atoms with E-state index in [1.807, 2.05) is 0 Å². The molecule has 0 aromatic carbocycles. The fraction of sp³-hybridized carbons (Fsp3) is 0.692. The normalized spacial score (nSPS) is 13.2. The van der Waals surface area contributed by atoms with Crippen LogP contribution in [0.4, 0.5) is 0 Å². The van der Waals surface area contributed by atoms with Gasteiger partial charge in [-0.15, -0.1) is 0 Å². The van der Waals surface area contributed by atoms with E-state index in [0.717, 1.165) is 5.76 Å². The maximum absolute atomic E-state index is 6.04. The summed E-state index contributed by atoms with van der Waals surface area (Å²) in [7, 11) is -2.40. The van der Waals surface area contributed by atoms with Crippen molar-refractivity contribution in [3.05, 3.63) is 16.9 Å². The van der Waals surface area contributed by atoms with Crippen LogP contribution in [-0.2, 0) is 6.04 Å². The number of furan rings is 1. The van der Waals surface area contributed by atoms with Crippen molar-refractivity contribution < 1.29 is 4.42 Å². The largest absolute Gasteiger partial charge is 0.471 e. The Labute approximate surface area is 102 Å². The van der Waals surface area contributed by atoms with Crippen molar-refractivity contribution in [2.24, 2.45) is 0 Å². The van der Waals surface area contributed by atoms with Crippen molar-refractivity contribution >= 4 is 21.5 Å². The molecule has 16 heavy (non-hydrogen) atoms. The predicted octanol–water partition coefficient (Wildman–Crippen LogP) is 3.86. The van der Waals surface area contributed by atoms with Crippen LogP contribution in [-0.4, -0.2) is 16.1 Å².